The van der Waals surface area contributed by atoms with E-state index in [2.05, 4.69) is 4.98 Å². The molecule has 0 aliphatic carbocycles. The molecule has 1 aliphatic heterocycles. The van der Waals surface area contributed by atoms with Gasteiger partial charge in [0, 0.05) is 29.2 Å². The van der Waals surface area contributed by atoms with E-state index in [1.807, 2.05) is 30.5 Å². The van der Waals surface area contributed by atoms with Crippen LogP contribution in [0.3, 0.4) is 0 Å². The molecule has 1 amide bonds. The van der Waals surface area contributed by atoms with E-state index in [1.54, 1.807) is 11.2 Å². The Kier molecular flexibility index (Phi) is 2.76. The number of hydrogen-bond donors (Lipinski definition) is 1. The predicted molar refractivity (Wildman–Crippen MR) is 69.6 cm³/mol. The summed E-state index contributed by atoms with van der Waals surface area (Å²) in [4.78, 5) is 16.1. The van der Waals surface area contributed by atoms with Gasteiger partial charge in [-0.25, -0.2) is 0 Å². The molecule has 2 heterocycles. The van der Waals surface area contributed by atoms with E-state index in [4.69, 9.17) is 4.74 Å². The second-order valence-corrected chi connectivity index (χ2v) is 4.27. The van der Waals surface area contributed by atoms with Gasteiger partial charge in [-0.15, -0.1) is 0 Å². The highest BCUT2D eigenvalue weighted by atomic mass is 16.5. The fourth-order valence-corrected chi connectivity index (χ4v) is 2.28. The minimum absolute atomic E-state index is 0.650. The molecular weight excluding hydrogens is 228 g/mol. The summed E-state index contributed by atoms with van der Waals surface area (Å²) in [6, 6.07) is 8.01. The van der Waals surface area contributed by atoms with Crippen molar-refractivity contribution in [3.05, 3.63) is 42.3 Å². The Hall–Kier alpha value is -2.23. The number of nitrogens with zero attached hydrogens (tertiary/aromatic N) is 1. The molecule has 2 aromatic rings. The van der Waals surface area contributed by atoms with Crippen LogP contribution in [0.2, 0.25) is 0 Å². The number of amides is 1. The van der Waals surface area contributed by atoms with Gasteiger partial charge >= 0.3 is 0 Å². The van der Waals surface area contributed by atoms with Crippen molar-refractivity contribution in [1.29, 1.82) is 0 Å². The van der Waals surface area contributed by atoms with Gasteiger partial charge in [0.1, 0.15) is 6.26 Å². The predicted octanol–water partition coefficient (Wildman–Crippen LogP) is 2.35. The highest BCUT2D eigenvalue weighted by Crippen LogP contribution is 2.27. The minimum Gasteiger partial charge on any atom is -0.499 e. The number of nitrogens with one attached hydrogen (secondary N) is 1. The number of ether oxygens (including phenoxy) is 1. The summed E-state index contributed by atoms with van der Waals surface area (Å²) < 4.78 is 5.45. The van der Waals surface area contributed by atoms with Crippen LogP contribution in [0, 0.1) is 0 Å². The Morgan fingerprint density at radius 1 is 1.33 bits per heavy atom. The number of carbonyl (C=O) groups is 1. The fraction of sp³-hybridized carbons (Fsp3) is 0.214. The normalized spacial score (nSPS) is 16.0. The number of H-pyrrole nitrogens is 1. The van der Waals surface area contributed by atoms with Gasteiger partial charge in [0.2, 0.25) is 6.41 Å². The van der Waals surface area contributed by atoms with Gasteiger partial charge in [-0.2, -0.15) is 0 Å². The Balaban J connectivity index is 2.14. The van der Waals surface area contributed by atoms with Crippen LogP contribution in [-0.4, -0.2) is 29.4 Å². The van der Waals surface area contributed by atoms with Crippen molar-refractivity contribution in [2.75, 3.05) is 13.2 Å². The average molecular weight is 242 g/mol. The molecule has 3 rings (SSSR count). The zero-order chi connectivity index (χ0) is 12.4. The van der Waals surface area contributed by atoms with E-state index in [-0.39, 0.29) is 0 Å². The maximum Gasteiger partial charge on any atom is 0.214 e. The first-order valence-electron chi connectivity index (χ1n) is 6.00. The molecule has 0 fully saturated rings. The van der Waals surface area contributed by atoms with Crippen LogP contribution in [0.25, 0.3) is 16.6 Å². The molecular formula is C14H14N2O2. The van der Waals surface area contributed by atoms with E-state index in [1.165, 1.54) is 0 Å². The zero-order valence-electron chi connectivity index (χ0n) is 9.93. The first-order chi connectivity index (χ1) is 8.90. The van der Waals surface area contributed by atoms with E-state index >= 15 is 0 Å². The maximum absolute atomic E-state index is 11.2. The lowest BCUT2D eigenvalue weighted by atomic mass is 10.1. The monoisotopic (exact) mass is 242 g/mol. The number of aromatic nitrogens is 1. The molecule has 0 saturated carbocycles. The Labute approximate surface area is 105 Å². The lowest BCUT2D eigenvalue weighted by Gasteiger charge is -2.18. The lowest BCUT2D eigenvalue weighted by Crippen LogP contribution is -2.20. The molecule has 1 aromatic heterocycles. The minimum atomic E-state index is 0.650. The molecule has 4 nitrogen and oxygen atoms in total. The third-order valence-corrected chi connectivity index (χ3v) is 3.16. The van der Waals surface area contributed by atoms with Crippen molar-refractivity contribution in [3.8, 4) is 0 Å². The Bertz CT molecular complexity index is 601. The van der Waals surface area contributed by atoms with Gasteiger partial charge in [-0.3, -0.25) is 4.79 Å². The fourth-order valence-electron chi connectivity index (χ4n) is 2.28. The van der Waals surface area contributed by atoms with Crippen molar-refractivity contribution in [2.24, 2.45) is 0 Å². The molecule has 0 spiro atoms. The SMILES string of the molecule is O=CN1CCCOC=C1c1cccc2[nH]ccc12. The molecule has 4 heteroatoms. The van der Waals surface area contributed by atoms with Crippen LogP contribution in [-0.2, 0) is 9.53 Å². The van der Waals surface area contributed by atoms with E-state index in [0.29, 0.717) is 13.2 Å². The van der Waals surface area contributed by atoms with Crippen LogP contribution in [0.15, 0.2) is 36.7 Å². The van der Waals surface area contributed by atoms with E-state index in [9.17, 15) is 4.79 Å². The number of aromatic amines is 1. The quantitative estimate of drug-likeness (QED) is 0.821. The summed E-state index contributed by atoms with van der Waals surface area (Å²) in [6.07, 6.45) is 5.30. The van der Waals surface area contributed by atoms with Crippen molar-refractivity contribution >= 4 is 23.0 Å². The third kappa shape index (κ3) is 1.76. The molecule has 0 radical (unpaired) electrons. The second kappa shape index (κ2) is 4.56. The first-order valence-corrected chi connectivity index (χ1v) is 6.00. The van der Waals surface area contributed by atoms with Gasteiger partial charge in [0.05, 0.1) is 12.3 Å². The summed E-state index contributed by atoms with van der Waals surface area (Å²) in [6.45, 7) is 1.34. The molecule has 0 atom stereocenters. The largest absolute Gasteiger partial charge is 0.499 e. The van der Waals surface area contributed by atoms with Crippen molar-refractivity contribution < 1.29 is 9.53 Å². The van der Waals surface area contributed by atoms with Crippen LogP contribution in [0.1, 0.15) is 12.0 Å². The molecule has 0 bridgehead atoms. The summed E-state index contributed by atoms with van der Waals surface area (Å²) in [5.74, 6) is 0. The number of fused-ring (bicyclic) bond motifs is 1. The van der Waals surface area contributed by atoms with Crippen molar-refractivity contribution in [1.82, 2.24) is 9.88 Å². The van der Waals surface area contributed by atoms with Gasteiger partial charge in [-0.05, 0) is 18.6 Å². The summed E-state index contributed by atoms with van der Waals surface area (Å²) in [7, 11) is 0. The number of rotatable bonds is 2. The molecule has 18 heavy (non-hydrogen) atoms. The highest BCUT2D eigenvalue weighted by Gasteiger charge is 2.16. The topological polar surface area (TPSA) is 45.3 Å². The van der Waals surface area contributed by atoms with Crippen molar-refractivity contribution in [2.45, 2.75) is 6.42 Å². The summed E-state index contributed by atoms with van der Waals surface area (Å²) >= 11 is 0. The lowest BCUT2D eigenvalue weighted by molar-refractivity contribution is -0.115. The molecule has 0 unspecified atom stereocenters. The van der Waals surface area contributed by atoms with Gasteiger partial charge in [0.25, 0.3) is 0 Å². The Morgan fingerprint density at radius 3 is 3.17 bits per heavy atom. The number of benzene rings is 1. The van der Waals surface area contributed by atoms with Gasteiger partial charge in [-0.1, -0.05) is 12.1 Å². The maximum atomic E-state index is 11.2. The van der Waals surface area contributed by atoms with Crippen LogP contribution in [0.4, 0.5) is 0 Å². The molecule has 0 saturated heterocycles. The first kappa shape index (κ1) is 10.9. The molecule has 1 aliphatic rings. The van der Waals surface area contributed by atoms with Gasteiger partial charge in [0.15, 0.2) is 0 Å². The highest BCUT2D eigenvalue weighted by molar-refractivity contribution is 5.93. The number of hydrogen-bond acceptors (Lipinski definition) is 2. The average Bonchev–Trinajstić information content (AvgIpc) is 2.76. The zero-order valence-corrected chi connectivity index (χ0v) is 9.93. The van der Waals surface area contributed by atoms with Gasteiger partial charge < -0.3 is 14.6 Å². The van der Waals surface area contributed by atoms with Crippen LogP contribution in [0.5, 0.6) is 0 Å². The third-order valence-electron chi connectivity index (χ3n) is 3.16. The van der Waals surface area contributed by atoms with Crippen LogP contribution >= 0.6 is 0 Å². The molecule has 1 aromatic carbocycles. The standard InChI is InChI=1S/C14H14N2O2/c17-10-16-7-2-8-18-9-14(16)12-3-1-4-13-11(12)5-6-15-13/h1,3-6,9-10,15H,2,7-8H2. The smallest absolute Gasteiger partial charge is 0.214 e. The summed E-state index contributed by atoms with van der Waals surface area (Å²) in [5.41, 5.74) is 2.90. The molecule has 1 N–H and O–H groups in total. The summed E-state index contributed by atoms with van der Waals surface area (Å²) in [5, 5.41) is 1.10. The Morgan fingerprint density at radius 2 is 2.28 bits per heavy atom. The number of carbonyl (C=O) groups excluding carboxylic acids is 1. The van der Waals surface area contributed by atoms with E-state index in [0.717, 1.165) is 35.0 Å². The van der Waals surface area contributed by atoms with Crippen molar-refractivity contribution in [3.63, 3.8) is 0 Å². The molecule has 92 valence electrons. The second-order valence-electron chi connectivity index (χ2n) is 4.27. The van der Waals surface area contributed by atoms with E-state index < -0.39 is 0 Å². The van der Waals surface area contributed by atoms with Crippen LogP contribution < -0.4 is 0 Å².